The Balaban J connectivity index is 0.00000988. The van der Waals surface area contributed by atoms with Crippen molar-refractivity contribution in [2.45, 2.75) is 84.0 Å². The van der Waals surface area contributed by atoms with Gasteiger partial charge in [0.2, 0.25) is 29.7 Å². The summed E-state index contributed by atoms with van der Waals surface area (Å²) in [5.74, 6) is 2.53. The number of nitrogens with zero attached hydrogens (tertiary/aromatic N) is 13. The van der Waals surface area contributed by atoms with Crippen LogP contribution >= 0.6 is 12.4 Å². The highest BCUT2D eigenvalue weighted by Gasteiger charge is 2.35. The molecule has 24 nitrogen and oxygen atoms in total. The van der Waals surface area contributed by atoms with Crippen LogP contribution in [0.2, 0.25) is 0 Å². The summed E-state index contributed by atoms with van der Waals surface area (Å²) in [5, 5.41) is 39.8. The summed E-state index contributed by atoms with van der Waals surface area (Å²) in [5.41, 5.74) is 15.0. The van der Waals surface area contributed by atoms with Crippen LogP contribution in [0.15, 0.2) is 36.7 Å². The van der Waals surface area contributed by atoms with Crippen LogP contribution in [0.1, 0.15) is 94.5 Å². The average Bonchev–Trinajstić information content (AvgIpc) is 4.09. The van der Waals surface area contributed by atoms with Gasteiger partial charge in [0, 0.05) is 65.3 Å². The molecule has 4 aromatic rings. The van der Waals surface area contributed by atoms with E-state index in [1.165, 1.54) is 4.68 Å². The molecule has 5 heterocycles. The zero-order valence-electron chi connectivity index (χ0n) is 42.4. The summed E-state index contributed by atoms with van der Waals surface area (Å²) in [4.78, 5) is 62.3. The van der Waals surface area contributed by atoms with Crippen molar-refractivity contribution >= 4 is 48.0 Å². The number of aromatic nitrogens is 9. The number of piperazine rings is 2. The molecule has 3 aromatic heterocycles. The zero-order valence-corrected chi connectivity index (χ0v) is 43.2. The van der Waals surface area contributed by atoms with Crippen LogP contribution in [0.4, 0.5) is 17.8 Å². The van der Waals surface area contributed by atoms with Gasteiger partial charge in [-0.25, -0.2) is 9.36 Å². The van der Waals surface area contributed by atoms with E-state index in [-0.39, 0.29) is 67.3 Å². The molecule has 3 unspecified atom stereocenters. The Morgan fingerprint density at radius 2 is 1.30 bits per heavy atom. The topological polar surface area (TPSA) is 296 Å². The number of phenolic OH excluding ortho intramolecular Hbond substituents is 1. The first-order valence-electron chi connectivity index (χ1n) is 24.9. The second-order valence-corrected chi connectivity index (χ2v) is 18.2. The molecular weight excluding hydrogens is 964 g/mol. The Bertz CT molecular complexity index is 2370. The highest BCUT2D eigenvalue weighted by molar-refractivity contribution is 5.85. The number of aromatic hydroxyl groups is 1. The number of phenols is 1. The van der Waals surface area contributed by atoms with Gasteiger partial charge in [-0.15, -0.1) is 29.0 Å². The number of aliphatic carboxylic acids is 1. The molecule has 0 aliphatic carbocycles. The molecule has 6 atom stereocenters. The fourth-order valence-corrected chi connectivity index (χ4v) is 8.37. The summed E-state index contributed by atoms with van der Waals surface area (Å²) < 4.78 is 19.6. The molecule has 7 N–H and O–H groups in total. The first-order valence-corrected chi connectivity index (χ1v) is 24.9. The minimum atomic E-state index is -1.02. The molecule has 6 rings (SSSR count). The van der Waals surface area contributed by atoms with Gasteiger partial charge in [-0.1, -0.05) is 69.0 Å². The number of carbonyl (C=O) groups excluding carboxylic acids is 2. The van der Waals surface area contributed by atoms with E-state index in [0.29, 0.717) is 128 Å². The molecule has 400 valence electrons. The molecule has 25 heteroatoms. The summed E-state index contributed by atoms with van der Waals surface area (Å²) in [7, 11) is 0. The van der Waals surface area contributed by atoms with Crippen molar-refractivity contribution in [3.8, 4) is 18.1 Å². The molecule has 2 aliphatic rings. The van der Waals surface area contributed by atoms with Gasteiger partial charge in [0.1, 0.15) is 24.4 Å². The lowest BCUT2D eigenvalue weighted by atomic mass is 9.97. The number of amides is 2. The van der Waals surface area contributed by atoms with Crippen molar-refractivity contribution in [3.63, 3.8) is 0 Å². The van der Waals surface area contributed by atoms with E-state index >= 15 is 0 Å². The normalized spacial score (nSPS) is 16.5. The number of halogens is 1. The fourth-order valence-electron chi connectivity index (χ4n) is 8.37. The molecule has 0 radical (unpaired) electrons. The van der Waals surface area contributed by atoms with Crippen molar-refractivity contribution in [2.75, 3.05) is 114 Å². The molecule has 2 fully saturated rings. The lowest BCUT2D eigenvalue weighted by Gasteiger charge is -2.38. The van der Waals surface area contributed by atoms with Gasteiger partial charge in [-0.2, -0.15) is 15.0 Å². The predicted octanol–water partition coefficient (Wildman–Crippen LogP) is 2.26. The Morgan fingerprint density at radius 3 is 1.89 bits per heavy atom. The van der Waals surface area contributed by atoms with E-state index in [1.807, 2.05) is 54.5 Å². The van der Waals surface area contributed by atoms with E-state index in [1.54, 1.807) is 34.1 Å². The van der Waals surface area contributed by atoms with Crippen molar-refractivity contribution in [3.05, 3.63) is 53.6 Å². The van der Waals surface area contributed by atoms with Crippen LogP contribution in [0.5, 0.6) is 5.75 Å². The monoisotopic (exact) mass is 1040 g/mol. The molecule has 2 aliphatic heterocycles. The molecule has 1 aromatic carbocycles. The Labute approximate surface area is 432 Å². The van der Waals surface area contributed by atoms with Crippen LogP contribution in [-0.4, -0.2) is 181 Å². The maximum Gasteiger partial charge on any atom is 0.303 e. The van der Waals surface area contributed by atoms with Gasteiger partial charge in [0.05, 0.1) is 68.9 Å². The predicted molar refractivity (Wildman–Crippen MR) is 274 cm³/mol. The SMILES string of the molecule is C#CCOCCOCCOCCNc1nc(N2CCN(C(=O)C([C@@H](C)CC)n3cc(C(N)Cc4ccc(O)cc4)nn3)CC2)nc(N2CCN(C(=O)[C@H](CCC(=O)O)n3cc(C(N)[C@H](C)CC)nn3)CC2)n1.Cl. The van der Waals surface area contributed by atoms with Crippen molar-refractivity contribution in [1.82, 2.24) is 54.7 Å². The van der Waals surface area contributed by atoms with Crippen LogP contribution < -0.4 is 26.6 Å². The van der Waals surface area contributed by atoms with Gasteiger partial charge in [0.25, 0.3) is 0 Å². The van der Waals surface area contributed by atoms with Crippen LogP contribution in [0, 0.1) is 24.2 Å². The van der Waals surface area contributed by atoms with Gasteiger partial charge in [-0.3, -0.25) is 14.4 Å². The Morgan fingerprint density at radius 1 is 0.753 bits per heavy atom. The van der Waals surface area contributed by atoms with Crippen LogP contribution in [0.25, 0.3) is 0 Å². The molecule has 0 saturated carbocycles. The summed E-state index contributed by atoms with van der Waals surface area (Å²) in [6, 6.07) is 4.56. The molecule has 2 saturated heterocycles. The van der Waals surface area contributed by atoms with E-state index < -0.39 is 24.1 Å². The van der Waals surface area contributed by atoms with E-state index in [0.717, 1.165) is 18.4 Å². The third-order valence-corrected chi connectivity index (χ3v) is 13.2. The third-order valence-electron chi connectivity index (χ3n) is 13.2. The number of hydrogen-bond acceptors (Lipinski definition) is 19. The number of carboxylic acid groups (broad SMARTS) is 1. The number of rotatable bonds is 28. The van der Waals surface area contributed by atoms with E-state index in [4.69, 9.17) is 47.1 Å². The number of ether oxygens (including phenoxy) is 3. The lowest BCUT2D eigenvalue weighted by Crippen LogP contribution is -2.52. The molecule has 2 amide bonds. The maximum atomic E-state index is 14.4. The second-order valence-electron chi connectivity index (χ2n) is 18.2. The largest absolute Gasteiger partial charge is 0.508 e. The van der Waals surface area contributed by atoms with E-state index in [9.17, 15) is 24.6 Å². The third kappa shape index (κ3) is 16.4. The minimum absolute atomic E-state index is 0. The van der Waals surface area contributed by atoms with Crippen molar-refractivity contribution < 1.29 is 38.8 Å². The van der Waals surface area contributed by atoms with Crippen LogP contribution in [-0.2, 0) is 35.0 Å². The number of carbonyl (C=O) groups is 3. The number of hydrogen-bond donors (Lipinski definition) is 5. The average molecular weight is 1040 g/mol. The molecule has 73 heavy (non-hydrogen) atoms. The number of nitrogens with one attached hydrogen (secondary N) is 1. The second kappa shape index (κ2) is 28.9. The first-order chi connectivity index (χ1) is 34.8. The minimum Gasteiger partial charge on any atom is -0.508 e. The standard InChI is InChI=1S/C48H72N16O8.ClH/c1-6-24-70-26-28-72-29-27-71-25-15-51-46-52-47(61-20-16-59(17-21-61)44(68)40(13-14-41(66)67)63-32-39(56-57-63)42(50)33(4)7-2)54-48(53-46)62-22-18-60(19-23-62)45(69)43(34(5)8-3)64-31-38(55-58-64)37(49)30-35-9-11-36(65)12-10-35;/h1,9-12,31-34,37,40,42-43,65H,7-8,13-30,49-50H2,2-5H3,(H,66,67)(H,51,52,53,54);1H/t33-,34+,37?,40+,42?,43?;/m1./s1. The summed E-state index contributed by atoms with van der Waals surface area (Å²) in [6.45, 7) is 13.8. The van der Waals surface area contributed by atoms with E-state index in [2.05, 4.69) is 31.9 Å². The van der Waals surface area contributed by atoms with Gasteiger partial charge in [-0.05, 0) is 42.4 Å². The molecular formula is C48H73ClN16O8. The quantitative estimate of drug-likeness (QED) is 0.0403. The molecule has 0 spiro atoms. The van der Waals surface area contributed by atoms with Crippen molar-refractivity contribution in [2.24, 2.45) is 23.3 Å². The smallest absolute Gasteiger partial charge is 0.303 e. The first kappa shape index (κ1) is 57.7. The number of benzene rings is 1. The zero-order chi connectivity index (χ0) is 51.6. The number of terminal acetylenes is 1. The van der Waals surface area contributed by atoms with Gasteiger partial charge >= 0.3 is 5.97 Å². The fraction of sp³-hybridized carbons (Fsp3) is 0.625. The Hall–Kier alpha value is -6.23. The number of carboxylic acids is 1. The van der Waals surface area contributed by atoms with Crippen molar-refractivity contribution in [1.29, 1.82) is 0 Å². The highest BCUT2D eigenvalue weighted by atomic mass is 35.5. The highest BCUT2D eigenvalue weighted by Crippen LogP contribution is 2.28. The van der Waals surface area contributed by atoms with Gasteiger partial charge < -0.3 is 60.8 Å². The lowest BCUT2D eigenvalue weighted by molar-refractivity contribution is -0.139. The molecule has 0 bridgehead atoms. The maximum absolute atomic E-state index is 14.4. The number of anilines is 3. The van der Waals surface area contributed by atoms with Gasteiger partial charge in [0.15, 0.2) is 0 Å². The Kier molecular flexibility index (Phi) is 22.8. The summed E-state index contributed by atoms with van der Waals surface area (Å²) >= 11 is 0. The summed E-state index contributed by atoms with van der Waals surface area (Å²) in [6.07, 6.45) is 10.5. The number of nitrogens with two attached hydrogens (primary N) is 2. The van der Waals surface area contributed by atoms with Crippen LogP contribution in [0.3, 0.4) is 0 Å².